The van der Waals surface area contributed by atoms with Gasteiger partial charge in [-0.3, -0.25) is 0 Å². The van der Waals surface area contributed by atoms with Crippen molar-refractivity contribution in [2.24, 2.45) is 0 Å². The van der Waals surface area contributed by atoms with E-state index in [1.807, 2.05) is 18.2 Å². The molecule has 0 amide bonds. The van der Waals surface area contributed by atoms with Crippen LogP contribution in [0.3, 0.4) is 0 Å². The Bertz CT molecular complexity index is 1190. The highest BCUT2D eigenvalue weighted by atomic mass is 32.2. The minimum atomic E-state index is -1.16. The molecule has 0 bridgehead atoms. The van der Waals surface area contributed by atoms with Gasteiger partial charge >= 0.3 is 5.76 Å². The number of nitrogens with zero attached hydrogens (tertiary/aromatic N) is 2. The number of hydrogen-bond acceptors (Lipinski definition) is 6. The molecule has 6 nitrogen and oxygen atoms in total. The third-order valence-electron chi connectivity index (χ3n) is 6.77. The van der Waals surface area contributed by atoms with Crippen LogP contribution in [-0.4, -0.2) is 31.8 Å². The maximum Gasteiger partial charge on any atom is 0.434 e. The molecule has 1 aromatic heterocycles. The predicted octanol–water partition coefficient (Wildman–Crippen LogP) is 4.46. The highest BCUT2D eigenvalue weighted by Crippen LogP contribution is 2.49. The zero-order valence-electron chi connectivity index (χ0n) is 18.1. The lowest BCUT2D eigenvalue weighted by Crippen LogP contribution is -2.46. The van der Waals surface area contributed by atoms with Crippen LogP contribution in [0, 0.1) is 11.6 Å². The van der Waals surface area contributed by atoms with Crippen LogP contribution in [0.1, 0.15) is 60.4 Å². The zero-order valence-corrected chi connectivity index (χ0v) is 18.9. The lowest BCUT2D eigenvalue weighted by molar-refractivity contribution is 0.0227. The van der Waals surface area contributed by atoms with Crippen molar-refractivity contribution in [3.05, 3.63) is 87.2 Å². The molecule has 5 rings (SSSR count). The molecule has 0 spiro atoms. The number of nitrogens with one attached hydrogen (secondary N) is 1. The number of hydrogen-bond donors (Lipinski definition) is 2. The third kappa shape index (κ3) is 4.13. The topological polar surface area (TPSA) is 82.4 Å². The third-order valence-corrected chi connectivity index (χ3v) is 8.29. The summed E-state index contributed by atoms with van der Waals surface area (Å²) < 4.78 is 37.8. The molecular formula is C24H25F2N3O3S. The summed E-state index contributed by atoms with van der Waals surface area (Å²) >= 11 is 1.67. The summed E-state index contributed by atoms with van der Waals surface area (Å²) in [5.74, 6) is -1.93. The van der Waals surface area contributed by atoms with Crippen molar-refractivity contribution in [2.75, 3.05) is 0 Å². The van der Waals surface area contributed by atoms with Crippen LogP contribution in [0.2, 0.25) is 0 Å². The minimum absolute atomic E-state index is 0.0326. The zero-order chi connectivity index (χ0) is 23.2. The van der Waals surface area contributed by atoms with E-state index in [0.717, 1.165) is 12.8 Å². The average molecular weight is 474 g/mol. The van der Waals surface area contributed by atoms with E-state index in [0.29, 0.717) is 0 Å². The lowest BCUT2D eigenvalue weighted by Gasteiger charge is -2.43. The summed E-state index contributed by atoms with van der Waals surface area (Å²) in [6.45, 7) is 2.37. The van der Waals surface area contributed by atoms with Gasteiger partial charge in [0.05, 0.1) is 11.5 Å². The summed E-state index contributed by atoms with van der Waals surface area (Å²) in [5.41, 5.74) is 0.383. The number of aliphatic hydroxyl groups excluding tert-OH is 1. The van der Waals surface area contributed by atoms with Crippen LogP contribution in [-0.2, 0) is 12.0 Å². The molecule has 0 unspecified atom stereocenters. The van der Waals surface area contributed by atoms with Crippen LogP contribution >= 0.6 is 11.9 Å². The van der Waals surface area contributed by atoms with Gasteiger partial charge in [-0.2, -0.15) is 0 Å². The number of benzene rings is 2. The SMILES string of the molecule is C[C@H]1CC[C@H](c2ccccc2)SN1Cc1cc(F)c(C2(c3n[nH]c(=O)o3)CC(O)C2)cc1F. The number of rotatable bonds is 5. The van der Waals surface area contributed by atoms with Gasteiger partial charge in [-0.25, -0.2) is 23.0 Å². The largest absolute Gasteiger partial charge is 0.434 e. The van der Waals surface area contributed by atoms with Crippen molar-refractivity contribution in [3.63, 3.8) is 0 Å². The fourth-order valence-electron chi connectivity index (χ4n) is 4.88. The molecule has 2 aromatic carbocycles. The first-order valence-corrected chi connectivity index (χ1v) is 11.9. The van der Waals surface area contributed by atoms with E-state index in [1.165, 1.54) is 17.7 Å². The smallest absolute Gasteiger partial charge is 0.393 e. The molecule has 1 aliphatic carbocycles. The normalized spacial score (nSPS) is 27.9. The first kappa shape index (κ1) is 22.3. The molecule has 2 heterocycles. The summed E-state index contributed by atoms with van der Waals surface area (Å²) in [5, 5.41) is 16.2. The van der Waals surface area contributed by atoms with Gasteiger partial charge in [0, 0.05) is 29.0 Å². The van der Waals surface area contributed by atoms with E-state index < -0.39 is 28.9 Å². The van der Waals surface area contributed by atoms with Gasteiger partial charge in [-0.15, -0.1) is 5.10 Å². The second-order valence-corrected chi connectivity index (χ2v) is 10.2. The maximum atomic E-state index is 15.3. The highest BCUT2D eigenvalue weighted by Gasteiger charge is 2.52. The second kappa shape index (κ2) is 8.70. The van der Waals surface area contributed by atoms with Crippen LogP contribution in [0.4, 0.5) is 8.78 Å². The fraction of sp³-hybridized carbons (Fsp3) is 0.417. The van der Waals surface area contributed by atoms with E-state index in [-0.39, 0.29) is 47.7 Å². The van der Waals surface area contributed by atoms with E-state index >= 15 is 8.78 Å². The molecule has 1 saturated carbocycles. The average Bonchev–Trinajstić information content (AvgIpc) is 3.22. The van der Waals surface area contributed by atoms with Crippen molar-refractivity contribution in [1.29, 1.82) is 0 Å². The molecule has 1 aliphatic heterocycles. The van der Waals surface area contributed by atoms with Gasteiger partial charge < -0.3 is 9.52 Å². The Labute approximate surface area is 194 Å². The molecule has 2 aliphatic rings. The molecule has 2 fully saturated rings. The Balaban J connectivity index is 1.41. The lowest BCUT2D eigenvalue weighted by atomic mass is 9.62. The minimum Gasteiger partial charge on any atom is -0.393 e. The van der Waals surface area contributed by atoms with Crippen LogP contribution < -0.4 is 5.76 Å². The first-order valence-electron chi connectivity index (χ1n) is 11.1. The Morgan fingerprint density at radius 1 is 1.21 bits per heavy atom. The fourth-order valence-corrected chi connectivity index (χ4v) is 6.25. The van der Waals surface area contributed by atoms with Crippen LogP contribution in [0.15, 0.2) is 51.7 Å². The van der Waals surface area contributed by atoms with Crippen LogP contribution in [0.25, 0.3) is 0 Å². The molecule has 1 saturated heterocycles. The van der Waals surface area contributed by atoms with E-state index in [2.05, 4.69) is 33.6 Å². The van der Waals surface area contributed by atoms with Gasteiger partial charge in [0.2, 0.25) is 5.89 Å². The van der Waals surface area contributed by atoms with Crippen molar-refractivity contribution in [2.45, 2.75) is 62.0 Å². The molecule has 9 heteroatoms. The van der Waals surface area contributed by atoms with Gasteiger partial charge in [-0.05, 0) is 50.3 Å². The van der Waals surface area contributed by atoms with Crippen molar-refractivity contribution < 1.29 is 18.3 Å². The number of H-pyrrole nitrogens is 1. The monoisotopic (exact) mass is 473 g/mol. The second-order valence-electron chi connectivity index (χ2n) is 8.99. The maximum absolute atomic E-state index is 15.3. The number of aromatic amines is 1. The summed E-state index contributed by atoms with van der Waals surface area (Å²) in [6, 6.07) is 12.8. The molecule has 0 radical (unpaired) electrons. The molecule has 2 atom stereocenters. The summed E-state index contributed by atoms with van der Waals surface area (Å²) in [4.78, 5) is 11.5. The van der Waals surface area contributed by atoms with Gasteiger partial charge in [-0.1, -0.05) is 42.3 Å². The van der Waals surface area contributed by atoms with Crippen molar-refractivity contribution in [3.8, 4) is 0 Å². The quantitative estimate of drug-likeness (QED) is 0.533. The Morgan fingerprint density at radius 3 is 2.64 bits per heavy atom. The van der Waals surface area contributed by atoms with Crippen LogP contribution in [0.5, 0.6) is 0 Å². The summed E-state index contributed by atoms with van der Waals surface area (Å²) in [6.07, 6.45) is 1.51. The molecule has 33 heavy (non-hydrogen) atoms. The van der Waals surface area contributed by atoms with Crippen molar-refractivity contribution >= 4 is 11.9 Å². The molecule has 174 valence electrons. The molecule has 2 N–H and O–H groups in total. The number of aromatic nitrogens is 2. The van der Waals surface area contributed by atoms with E-state index in [9.17, 15) is 9.90 Å². The Hall–Kier alpha value is -2.49. The first-order chi connectivity index (χ1) is 15.9. The van der Waals surface area contributed by atoms with Gasteiger partial charge in [0.15, 0.2) is 0 Å². The Kier molecular flexibility index (Phi) is 5.88. The molecule has 3 aromatic rings. The number of aliphatic hydroxyl groups is 1. The van der Waals surface area contributed by atoms with E-state index in [1.54, 1.807) is 11.9 Å². The number of halogens is 2. The van der Waals surface area contributed by atoms with E-state index in [4.69, 9.17) is 4.42 Å². The Morgan fingerprint density at radius 2 is 1.97 bits per heavy atom. The van der Waals surface area contributed by atoms with Gasteiger partial charge in [0.25, 0.3) is 0 Å². The standard InChI is InChI=1S/C24H25F2N3O3S/c1-14-7-8-21(15-5-3-2-4-6-15)33-29(14)13-16-9-20(26)18(10-19(16)25)24(11-17(30)12-24)22-27-28-23(31)32-22/h2-6,9-10,14,17,21,30H,7-8,11-13H2,1H3,(H,28,31)/t14-,17?,21+,24?/m0/s1. The van der Waals surface area contributed by atoms with Gasteiger partial charge in [0.1, 0.15) is 11.6 Å². The summed E-state index contributed by atoms with van der Waals surface area (Å²) in [7, 11) is 0. The predicted molar refractivity (Wildman–Crippen MR) is 121 cm³/mol. The molecular weight excluding hydrogens is 448 g/mol. The van der Waals surface area contributed by atoms with Crippen molar-refractivity contribution in [1.82, 2.24) is 14.5 Å². The highest BCUT2D eigenvalue weighted by molar-refractivity contribution is 7.97.